The number of rotatable bonds is 9. The zero-order valence-corrected chi connectivity index (χ0v) is 11.2. The Labute approximate surface area is 105 Å². The molecule has 1 aromatic carbocycles. The molecule has 0 atom stereocenters. The van der Waals surface area contributed by atoms with Crippen LogP contribution in [0.15, 0.2) is 24.3 Å². The quantitative estimate of drug-likeness (QED) is 0.661. The molecule has 2 heteroatoms. The molecular formula is C15H25NO. The molecule has 0 aliphatic heterocycles. The van der Waals surface area contributed by atoms with Crippen molar-refractivity contribution in [1.82, 2.24) is 5.32 Å². The van der Waals surface area contributed by atoms with Crippen LogP contribution in [0.4, 0.5) is 0 Å². The Morgan fingerprint density at radius 1 is 1.00 bits per heavy atom. The average Bonchev–Trinajstić information content (AvgIpc) is 2.36. The minimum atomic E-state index is 0.742. The van der Waals surface area contributed by atoms with Gasteiger partial charge in [-0.15, -0.1) is 0 Å². The maximum atomic E-state index is 5.65. The van der Waals surface area contributed by atoms with Gasteiger partial charge in [-0.2, -0.15) is 0 Å². The Morgan fingerprint density at radius 3 is 2.35 bits per heavy atom. The highest BCUT2D eigenvalue weighted by Gasteiger charge is 1.95. The summed E-state index contributed by atoms with van der Waals surface area (Å²) < 4.78 is 5.65. The average molecular weight is 235 g/mol. The highest BCUT2D eigenvalue weighted by Crippen LogP contribution is 2.06. The lowest BCUT2D eigenvalue weighted by atomic mass is 10.1. The van der Waals surface area contributed by atoms with Gasteiger partial charge in [-0.05, 0) is 24.6 Å². The lowest BCUT2D eigenvalue weighted by Crippen LogP contribution is -2.04. The monoisotopic (exact) mass is 235 g/mol. The molecule has 1 aromatic rings. The van der Waals surface area contributed by atoms with Crippen LogP contribution in [0.3, 0.4) is 0 Å². The third kappa shape index (κ3) is 6.44. The first kappa shape index (κ1) is 14.2. The Balaban J connectivity index is 2.14. The number of hydrogen-bond donors (Lipinski definition) is 1. The summed E-state index contributed by atoms with van der Waals surface area (Å²) in [7, 11) is 1.97. The molecule has 0 spiro atoms. The van der Waals surface area contributed by atoms with Crippen molar-refractivity contribution in [3.8, 4) is 0 Å². The summed E-state index contributed by atoms with van der Waals surface area (Å²) in [6.45, 7) is 4.79. The van der Waals surface area contributed by atoms with Crippen LogP contribution in [0.5, 0.6) is 0 Å². The van der Waals surface area contributed by atoms with E-state index in [0.717, 1.165) is 19.8 Å². The van der Waals surface area contributed by atoms with E-state index in [-0.39, 0.29) is 0 Å². The number of unbranched alkanes of at least 4 members (excludes halogenated alkanes) is 3. The molecule has 0 aromatic heterocycles. The van der Waals surface area contributed by atoms with Crippen molar-refractivity contribution in [2.24, 2.45) is 0 Å². The molecule has 0 saturated heterocycles. The lowest BCUT2D eigenvalue weighted by molar-refractivity contribution is 0.117. The number of nitrogens with one attached hydrogen (secondary N) is 1. The lowest BCUT2D eigenvalue weighted by Gasteiger charge is -2.05. The van der Waals surface area contributed by atoms with Crippen LogP contribution in [0, 0.1) is 0 Å². The number of ether oxygens (including phenoxy) is 1. The van der Waals surface area contributed by atoms with Crippen LogP contribution >= 0.6 is 0 Å². The van der Waals surface area contributed by atoms with Gasteiger partial charge in [-0.3, -0.25) is 0 Å². The first-order valence-corrected chi connectivity index (χ1v) is 6.67. The van der Waals surface area contributed by atoms with E-state index in [2.05, 4.69) is 36.5 Å². The van der Waals surface area contributed by atoms with Crippen molar-refractivity contribution in [3.63, 3.8) is 0 Å². The maximum absolute atomic E-state index is 5.65. The van der Waals surface area contributed by atoms with Gasteiger partial charge in [0, 0.05) is 13.2 Å². The largest absolute Gasteiger partial charge is 0.377 e. The molecule has 0 radical (unpaired) electrons. The van der Waals surface area contributed by atoms with Crippen molar-refractivity contribution in [2.75, 3.05) is 13.7 Å². The van der Waals surface area contributed by atoms with Gasteiger partial charge >= 0.3 is 0 Å². The molecule has 0 fully saturated rings. The SMILES string of the molecule is CCCCCCOCc1ccc(CNC)cc1. The first-order chi connectivity index (χ1) is 8.36. The van der Waals surface area contributed by atoms with Crippen molar-refractivity contribution in [2.45, 2.75) is 45.8 Å². The van der Waals surface area contributed by atoms with Gasteiger partial charge in [-0.1, -0.05) is 50.5 Å². The van der Waals surface area contributed by atoms with E-state index >= 15 is 0 Å². The normalized spacial score (nSPS) is 10.7. The summed E-state index contributed by atoms with van der Waals surface area (Å²) >= 11 is 0. The Morgan fingerprint density at radius 2 is 1.71 bits per heavy atom. The standard InChI is InChI=1S/C15H25NO/c1-3-4-5-6-11-17-13-15-9-7-14(8-10-15)12-16-2/h7-10,16H,3-6,11-13H2,1-2H3. The van der Waals surface area contributed by atoms with Crippen LogP contribution in [-0.4, -0.2) is 13.7 Å². The second kappa shape index (κ2) is 9.20. The molecule has 0 saturated carbocycles. The van der Waals surface area contributed by atoms with E-state index in [9.17, 15) is 0 Å². The molecule has 17 heavy (non-hydrogen) atoms. The Hall–Kier alpha value is -0.860. The summed E-state index contributed by atoms with van der Waals surface area (Å²) in [5.41, 5.74) is 2.58. The Kier molecular flexibility index (Phi) is 7.69. The van der Waals surface area contributed by atoms with Gasteiger partial charge in [-0.25, -0.2) is 0 Å². The summed E-state index contributed by atoms with van der Waals surface area (Å²) in [5.74, 6) is 0. The summed E-state index contributed by atoms with van der Waals surface area (Å²) in [4.78, 5) is 0. The third-order valence-corrected chi connectivity index (χ3v) is 2.81. The molecule has 0 heterocycles. The predicted molar refractivity (Wildman–Crippen MR) is 73.0 cm³/mol. The topological polar surface area (TPSA) is 21.3 Å². The maximum Gasteiger partial charge on any atom is 0.0716 e. The number of hydrogen-bond acceptors (Lipinski definition) is 2. The highest BCUT2D eigenvalue weighted by atomic mass is 16.5. The molecule has 0 amide bonds. The minimum Gasteiger partial charge on any atom is -0.377 e. The molecule has 0 unspecified atom stereocenters. The van der Waals surface area contributed by atoms with E-state index in [1.54, 1.807) is 0 Å². The molecule has 96 valence electrons. The van der Waals surface area contributed by atoms with E-state index < -0.39 is 0 Å². The smallest absolute Gasteiger partial charge is 0.0716 e. The molecule has 1 N–H and O–H groups in total. The summed E-state index contributed by atoms with van der Waals surface area (Å²) in [6, 6.07) is 8.62. The number of benzene rings is 1. The molecule has 0 aliphatic rings. The fourth-order valence-corrected chi connectivity index (χ4v) is 1.78. The third-order valence-electron chi connectivity index (χ3n) is 2.81. The predicted octanol–water partition coefficient (Wildman–Crippen LogP) is 3.50. The van der Waals surface area contributed by atoms with Crippen molar-refractivity contribution in [1.29, 1.82) is 0 Å². The summed E-state index contributed by atoms with van der Waals surface area (Å²) in [5, 5.41) is 3.14. The van der Waals surface area contributed by atoms with Crippen LogP contribution < -0.4 is 5.32 Å². The second-order valence-corrected chi connectivity index (χ2v) is 4.46. The Bertz CT molecular complexity index is 281. The zero-order valence-electron chi connectivity index (χ0n) is 11.2. The molecule has 0 bridgehead atoms. The highest BCUT2D eigenvalue weighted by molar-refractivity contribution is 5.21. The molecular weight excluding hydrogens is 210 g/mol. The van der Waals surface area contributed by atoms with Crippen LogP contribution in [0.25, 0.3) is 0 Å². The van der Waals surface area contributed by atoms with Gasteiger partial charge < -0.3 is 10.1 Å². The minimum absolute atomic E-state index is 0.742. The van der Waals surface area contributed by atoms with E-state index in [1.165, 1.54) is 36.8 Å². The van der Waals surface area contributed by atoms with Crippen molar-refractivity contribution < 1.29 is 4.74 Å². The van der Waals surface area contributed by atoms with E-state index in [0.29, 0.717) is 0 Å². The van der Waals surface area contributed by atoms with Crippen molar-refractivity contribution in [3.05, 3.63) is 35.4 Å². The molecule has 2 nitrogen and oxygen atoms in total. The fourth-order valence-electron chi connectivity index (χ4n) is 1.78. The first-order valence-electron chi connectivity index (χ1n) is 6.67. The summed E-state index contributed by atoms with van der Waals surface area (Å²) in [6.07, 6.45) is 5.08. The van der Waals surface area contributed by atoms with E-state index in [1.807, 2.05) is 7.05 Å². The molecule has 1 rings (SSSR count). The van der Waals surface area contributed by atoms with Gasteiger partial charge in [0.05, 0.1) is 6.61 Å². The fraction of sp³-hybridized carbons (Fsp3) is 0.600. The van der Waals surface area contributed by atoms with Gasteiger partial charge in [0.2, 0.25) is 0 Å². The van der Waals surface area contributed by atoms with Crippen LogP contribution in [0.2, 0.25) is 0 Å². The van der Waals surface area contributed by atoms with Gasteiger partial charge in [0.15, 0.2) is 0 Å². The van der Waals surface area contributed by atoms with Gasteiger partial charge in [0.25, 0.3) is 0 Å². The van der Waals surface area contributed by atoms with Crippen molar-refractivity contribution >= 4 is 0 Å². The van der Waals surface area contributed by atoms with Crippen LogP contribution in [-0.2, 0) is 17.9 Å². The van der Waals surface area contributed by atoms with E-state index in [4.69, 9.17) is 4.74 Å². The van der Waals surface area contributed by atoms with Gasteiger partial charge in [0.1, 0.15) is 0 Å². The van der Waals surface area contributed by atoms with Crippen LogP contribution in [0.1, 0.15) is 43.7 Å². The zero-order chi connectivity index (χ0) is 12.3. The second-order valence-electron chi connectivity index (χ2n) is 4.46. The molecule has 0 aliphatic carbocycles.